The van der Waals surface area contributed by atoms with Gasteiger partial charge < -0.3 is 44.5 Å². The zero-order valence-electron chi connectivity index (χ0n) is 15.3. The summed E-state index contributed by atoms with van der Waals surface area (Å²) >= 11 is 0. The lowest BCUT2D eigenvalue weighted by Crippen LogP contribution is -2.35. The molecule has 30 heavy (non-hydrogen) atoms. The Hall–Kier alpha value is -3.31. The summed E-state index contributed by atoms with van der Waals surface area (Å²) in [6.07, 6.45) is -5.49. The van der Waals surface area contributed by atoms with E-state index in [4.69, 9.17) is 13.9 Å². The van der Waals surface area contributed by atoms with Crippen molar-refractivity contribution in [3.8, 4) is 34.3 Å². The molecule has 2 aromatic carbocycles. The van der Waals surface area contributed by atoms with Gasteiger partial charge in [0, 0.05) is 17.7 Å². The Bertz CT molecular complexity index is 1140. The van der Waals surface area contributed by atoms with E-state index in [0.29, 0.717) is 5.56 Å². The Labute approximate surface area is 168 Å². The quantitative estimate of drug-likeness (QED) is 0.348. The standard InChI is InChI=1S/C20H18O10/c21-7-13-15(24)18(27)20(30-13)29-12-6-10(23)5-11-14(12)16(25)17(26)19(28-11)8-1-3-9(22)4-2-8/h1-6,13,15,18,20-24,26-27H,7H2/t13-,15-,18+,20+/m0/s1. The van der Waals surface area contributed by atoms with Gasteiger partial charge in [-0.3, -0.25) is 4.79 Å². The third-order valence-electron chi connectivity index (χ3n) is 4.79. The molecule has 158 valence electrons. The second-order valence-corrected chi connectivity index (χ2v) is 6.80. The highest BCUT2D eigenvalue weighted by atomic mass is 16.7. The first kappa shape index (κ1) is 20.0. The van der Waals surface area contributed by atoms with Crippen molar-refractivity contribution in [3.63, 3.8) is 0 Å². The maximum Gasteiger partial charge on any atom is 0.238 e. The molecule has 0 amide bonds. The van der Waals surface area contributed by atoms with Crippen LogP contribution in [0, 0.1) is 0 Å². The molecule has 0 unspecified atom stereocenters. The van der Waals surface area contributed by atoms with Crippen LogP contribution in [-0.2, 0) is 4.74 Å². The van der Waals surface area contributed by atoms with Crippen molar-refractivity contribution in [2.24, 2.45) is 0 Å². The molecule has 0 aliphatic carbocycles. The van der Waals surface area contributed by atoms with Crippen LogP contribution in [0.5, 0.6) is 23.0 Å². The summed E-state index contributed by atoms with van der Waals surface area (Å²) in [4.78, 5) is 12.8. The lowest BCUT2D eigenvalue weighted by Gasteiger charge is -2.18. The molecule has 2 heterocycles. The Morgan fingerprint density at radius 3 is 2.30 bits per heavy atom. The van der Waals surface area contributed by atoms with Crippen molar-refractivity contribution in [2.75, 3.05) is 6.61 Å². The van der Waals surface area contributed by atoms with Crippen molar-refractivity contribution in [1.82, 2.24) is 0 Å². The smallest absolute Gasteiger partial charge is 0.238 e. The van der Waals surface area contributed by atoms with Crippen LogP contribution in [0.4, 0.5) is 0 Å². The third kappa shape index (κ3) is 3.31. The van der Waals surface area contributed by atoms with Crippen molar-refractivity contribution < 1.29 is 44.5 Å². The monoisotopic (exact) mass is 418 g/mol. The molecule has 1 aliphatic heterocycles. The molecule has 10 nitrogen and oxygen atoms in total. The Balaban J connectivity index is 1.81. The van der Waals surface area contributed by atoms with Gasteiger partial charge in [-0.25, -0.2) is 0 Å². The zero-order valence-corrected chi connectivity index (χ0v) is 15.3. The molecule has 1 saturated heterocycles. The summed E-state index contributed by atoms with van der Waals surface area (Å²) in [6.45, 7) is -0.572. The molecule has 6 N–H and O–H groups in total. The van der Waals surface area contributed by atoms with Gasteiger partial charge >= 0.3 is 0 Å². The molecule has 4 rings (SSSR count). The number of fused-ring (bicyclic) bond motifs is 1. The number of benzene rings is 2. The SMILES string of the molecule is O=c1c(O)c(-c2ccc(O)cc2)oc2cc(O)cc(O[C@@H]3O[C@@H](CO)[C@H](O)[C@H]3O)c12. The van der Waals surface area contributed by atoms with Crippen LogP contribution in [0.15, 0.2) is 45.6 Å². The minimum absolute atomic E-state index is 0.0202. The van der Waals surface area contributed by atoms with E-state index >= 15 is 0 Å². The molecule has 4 atom stereocenters. The van der Waals surface area contributed by atoms with E-state index in [1.54, 1.807) is 0 Å². The van der Waals surface area contributed by atoms with Crippen LogP contribution in [0.3, 0.4) is 0 Å². The van der Waals surface area contributed by atoms with Gasteiger partial charge in [0.1, 0.15) is 46.5 Å². The van der Waals surface area contributed by atoms with Crippen molar-refractivity contribution >= 4 is 11.0 Å². The first-order chi connectivity index (χ1) is 14.3. The Kier molecular flexibility index (Phi) is 5.00. The van der Waals surface area contributed by atoms with Gasteiger partial charge in [0.25, 0.3) is 0 Å². The van der Waals surface area contributed by atoms with Crippen LogP contribution >= 0.6 is 0 Å². The van der Waals surface area contributed by atoms with Gasteiger partial charge in [-0.05, 0) is 24.3 Å². The Morgan fingerprint density at radius 1 is 0.967 bits per heavy atom. The van der Waals surface area contributed by atoms with E-state index < -0.39 is 42.4 Å². The fourth-order valence-electron chi connectivity index (χ4n) is 3.25. The molecule has 10 heteroatoms. The lowest BCUT2D eigenvalue weighted by molar-refractivity contribution is -0.116. The predicted octanol–water partition coefficient (Wildman–Crippen LogP) is 0.395. The predicted molar refractivity (Wildman–Crippen MR) is 101 cm³/mol. The second-order valence-electron chi connectivity index (χ2n) is 6.80. The minimum atomic E-state index is -1.53. The summed E-state index contributed by atoms with van der Waals surface area (Å²) in [6, 6.07) is 7.75. The van der Waals surface area contributed by atoms with E-state index in [1.807, 2.05) is 0 Å². The highest BCUT2D eigenvalue weighted by Crippen LogP contribution is 2.37. The number of hydrogen-bond donors (Lipinski definition) is 6. The molecule has 3 aromatic rings. The number of phenolic OH excluding ortho intramolecular Hbond substituents is 2. The topological polar surface area (TPSA) is 170 Å². The van der Waals surface area contributed by atoms with Gasteiger partial charge in [-0.2, -0.15) is 0 Å². The first-order valence-electron chi connectivity index (χ1n) is 8.91. The molecule has 0 spiro atoms. The van der Waals surface area contributed by atoms with Gasteiger partial charge in [0.15, 0.2) is 5.76 Å². The molecular formula is C20H18O10. The molecule has 0 saturated carbocycles. The number of phenols is 2. The molecule has 1 aromatic heterocycles. The normalized spacial score (nSPS) is 23.7. The summed E-state index contributed by atoms with van der Waals surface area (Å²) in [5.74, 6) is -1.54. The fraction of sp³-hybridized carbons (Fsp3) is 0.250. The van der Waals surface area contributed by atoms with Crippen molar-refractivity contribution in [3.05, 3.63) is 46.6 Å². The van der Waals surface area contributed by atoms with E-state index in [1.165, 1.54) is 24.3 Å². The number of aliphatic hydroxyl groups is 3. The lowest BCUT2D eigenvalue weighted by atomic mass is 10.1. The number of aromatic hydroxyl groups is 3. The van der Waals surface area contributed by atoms with Crippen LogP contribution in [0.25, 0.3) is 22.3 Å². The van der Waals surface area contributed by atoms with Crippen molar-refractivity contribution in [1.29, 1.82) is 0 Å². The summed E-state index contributed by atoms with van der Waals surface area (Å²) in [7, 11) is 0. The number of rotatable bonds is 4. The minimum Gasteiger partial charge on any atom is -0.508 e. The average molecular weight is 418 g/mol. The number of ether oxygens (including phenoxy) is 2. The van der Waals surface area contributed by atoms with Gasteiger partial charge in [-0.15, -0.1) is 0 Å². The number of hydrogen-bond acceptors (Lipinski definition) is 10. The van der Waals surface area contributed by atoms with Crippen LogP contribution < -0.4 is 10.2 Å². The largest absolute Gasteiger partial charge is 0.508 e. The van der Waals surface area contributed by atoms with E-state index in [2.05, 4.69) is 0 Å². The van der Waals surface area contributed by atoms with Gasteiger partial charge in [0.2, 0.25) is 17.5 Å². The van der Waals surface area contributed by atoms with Crippen LogP contribution in [0.1, 0.15) is 0 Å². The molecule has 1 aliphatic rings. The highest BCUT2D eigenvalue weighted by molar-refractivity contribution is 5.88. The summed E-state index contributed by atoms with van der Waals surface area (Å²) in [5.41, 5.74) is -0.692. The number of aliphatic hydroxyl groups excluding tert-OH is 3. The average Bonchev–Trinajstić information content (AvgIpc) is 2.99. The maximum atomic E-state index is 12.8. The highest BCUT2D eigenvalue weighted by Gasteiger charge is 2.44. The third-order valence-corrected chi connectivity index (χ3v) is 4.79. The molecule has 1 fully saturated rings. The maximum absolute atomic E-state index is 12.8. The zero-order chi connectivity index (χ0) is 21.6. The van der Waals surface area contributed by atoms with E-state index in [9.17, 15) is 35.4 Å². The molecule has 0 radical (unpaired) electrons. The summed E-state index contributed by atoms with van der Waals surface area (Å²) < 4.78 is 16.3. The van der Waals surface area contributed by atoms with Crippen molar-refractivity contribution in [2.45, 2.75) is 24.6 Å². The van der Waals surface area contributed by atoms with E-state index in [-0.39, 0.29) is 34.0 Å². The fourth-order valence-corrected chi connectivity index (χ4v) is 3.25. The second kappa shape index (κ2) is 7.50. The van der Waals surface area contributed by atoms with Crippen LogP contribution in [0.2, 0.25) is 0 Å². The van der Waals surface area contributed by atoms with Gasteiger partial charge in [-0.1, -0.05) is 0 Å². The molecular weight excluding hydrogens is 400 g/mol. The van der Waals surface area contributed by atoms with Crippen LogP contribution in [-0.4, -0.2) is 61.8 Å². The molecule has 0 bridgehead atoms. The Morgan fingerprint density at radius 2 is 1.67 bits per heavy atom. The van der Waals surface area contributed by atoms with E-state index in [0.717, 1.165) is 12.1 Å². The first-order valence-corrected chi connectivity index (χ1v) is 8.91. The van der Waals surface area contributed by atoms with Gasteiger partial charge in [0.05, 0.1) is 6.61 Å². The summed E-state index contributed by atoms with van der Waals surface area (Å²) in [5, 5.41) is 58.7.